The zero-order valence-electron chi connectivity index (χ0n) is 10.1. The largest absolute Gasteiger partial charge is 0.416 e. The van der Waals surface area contributed by atoms with Crippen molar-refractivity contribution in [3.63, 3.8) is 0 Å². The Morgan fingerprint density at radius 3 is 2.61 bits per heavy atom. The first-order chi connectivity index (χ1) is 8.38. The molecule has 1 saturated heterocycles. The molecule has 0 saturated carbocycles. The average molecular weight is 322 g/mol. The van der Waals surface area contributed by atoms with Crippen LogP contribution in [0.25, 0.3) is 0 Å². The van der Waals surface area contributed by atoms with Gasteiger partial charge in [0, 0.05) is 17.1 Å². The van der Waals surface area contributed by atoms with Gasteiger partial charge in [-0.2, -0.15) is 13.2 Å². The van der Waals surface area contributed by atoms with Gasteiger partial charge in [-0.1, -0.05) is 22.0 Å². The second-order valence-electron chi connectivity index (χ2n) is 4.77. The van der Waals surface area contributed by atoms with Crippen molar-refractivity contribution < 1.29 is 13.2 Å². The molecule has 5 heteroatoms. The maximum Gasteiger partial charge on any atom is 0.416 e. The Hall–Kier alpha value is -0.550. The summed E-state index contributed by atoms with van der Waals surface area (Å²) in [6.45, 7) is 3.89. The number of alkyl halides is 3. The number of hydrogen-bond acceptors (Lipinski definition) is 1. The lowest BCUT2D eigenvalue weighted by atomic mass is 10.1. The molecule has 0 bridgehead atoms. The summed E-state index contributed by atoms with van der Waals surface area (Å²) in [5, 5.41) is 0. The van der Waals surface area contributed by atoms with E-state index in [0.29, 0.717) is 17.1 Å². The maximum absolute atomic E-state index is 12.5. The molecule has 18 heavy (non-hydrogen) atoms. The molecular weight excluding hydrogens is 307 g/mol. The van der Waals surface area contributed by atoms with Crippen LogP contribution in [0.3, 0.4) is 0 Å². The van der Waals surface area contributed by atoms with Crippen LogP contribution < -0.4 is 0 Å². The predicted octanol–water partition coefficient (Wildman–Crippen LogP) is 4.45. The van der Waals surface area contributed by atoms with Gasteiger partial charge in [-0.15, -0.1) is 0 Å². The fourth-order valence-corrected chi connectivity index (χ4v) is 2.80. The third-order valence-corrected chi connectivity index (χ3v) is 4.18. The molecule has 0 aliphatic carbocycles. The van der Waals surface area contributed by atoms with E-state index in [-0.39, 0.29) is 0 Å². The zero-order chi connectivity index (χ0) is 13.3. The summed E-state index contributed by atoms with van der Waals surface area (Å²) in [6, 6.07) is 4.40. The van der Waals surface area contributed by atoms with Crippen molar-refractivity contribution in [1.29, 1.82) is 0 Å². The Bertz CT molecular complexity index is 431. The highest BCUT2D eigenvalue weighted by Crippen LogP contribution is 2.33. The van der Waals surface area contributed by atoms with Gasteiger partial charge < -0.3 is 0 Å². The zero-order valence-corrected chi connectivity index (χ0v) is 11.7. The molecule has 1 aromatic rings. The van der Waals surface area contributed by atoms with Gasteiger partial charge in [0.2, 0.25) is 0 Å². The van der Waals surface area contributed by atoms with Crippen molar-refractivity contribution in [3.8, 4) is 0 Å². The lowest BCUT2D eigenvalue weighted by Crippen LogP contribution is -2.26. The first-order valence-corrected chi connectivity index (χ1v) is 6.77. The quantitative estimate of drug-likeness (QED) is 0.777. The molecule has 0 spiro atoms. The molecular formula is C13H15BrF3N. The van der Waals surface area contributed by atoms with Crippen LogP contribution in [-0.2, 0) is 12.7 Å². The lowest BCUT2D eigenvalue weighted by Gasteiger charge is -2.22. The summed E-state index contributed by atoms with van der Waals surface area (Å²) in [6.07, 6.45) is -1.94. The molecule has 0 N–H and O–H groups in total. The number of rotatable bonds is 2. The lowest BCUT2D eigenvalue weighted by molar-refractivity contribution is -0.137. The van der Waals surface area contributed by atoms with E-state index in [4.69, 9.17) is 0 Å². The highest BCUT2D eigenvalue weighted by Gasteiger charge is 2.31. The minimum absolute atomic E-state index is 0.513. The first-order valence-electron chi connectivity index (χ1n) is 5.97. The number of benzene rings is 1. The van der Waals surface area contributed by atoms with E-state index in [1.807, 2.05) is 0 Å². The van der Waals surface area contributed by atoms with Crippen LogP contribution in [0.5, 0.6) is 0 Å². The maximum atomic E-state index is 12.5. The van der Waals surface area contributed by atoms with E-state index < -0.39 is 11.7 Å². The van der Waals surface area contributed by atoms with Gasteiger partial charge in [0.25, 0.3) is 0 Å². The van der Waals surface area contributed by atoms with E-state index in [9.17, 15) is 13.2 Å². The smallest absolute Gasteiger partial charge is 0.296 e. The SMILES string of the molecule is CC1CCCN1Cc1ccc(C(F)(F)F)cc1Br. The van der Waals surface area contributed by atoms with Gasteiger partial charge in [0.1, 0.15) is 0 Å². The van der Waals surface area contributed by atoms with Crippen LogP contribution in [0.2, 0.25) is 0 Å². The summed E-state index contributed by atoms with van der Waals surface area (Å²) >= 11 is 3.24. The molecule has 2 rings (SSSR count). The number of halogens is 4. The van der Waals surface area contributed by atoms with E-state index in [0.717, 1.165) is 30.7 Å². The van der Waals surface area contributed by atoms with E-state index >= 15 is 0 Å². The van der Waals surface area contributed by atoms with Crippen molar-refractivity contribution in [2.24, 2.45) is 0 Å². The molecule has 1 aliphatic heterocycles. The van der Waals surface area contributed by atoms with E-state index in [1.165, 1.54) is 6.42 Å². The van der Waals surface area contributed by atoms with Crippen LogP contribution in [0.1, 0.15) is 30.9 Å². The Morgan fingerprint density at radius 2 is 2.11 bits per heavy atom. The van der Waals surface area contributed by atoms with Gasteiger partial charge in [0.05, 0.1) is 5.56 Å². The fourth-order valence-electron chi connectivity index (χ4n) is 2.30. The molecule has 1 heterocycles. The summed E-state index contributed by atoms with van der Waals surface area (Å²) < 4.78 is 38.1. The molecule has 100 valence electrons. The van der Waals surface area contributed by atoms with Crippen molar-refractivity contribution >= 4 is 15.9 Å². The van der Waals surface area contributed by atoms with Crippen molar-refractivity contribution in [3.05, 3.63) is 33.8 Å². The summed E-state index contributed by atoms with van der Waals surface area (Å²) in [5.41, 5.74) is 0.310. The Kier molecular flexibility index (Phi) is 4.02. The summed E-state index contributed by atoms with van der Waals surface area (Å²) in [5.74, 6) is 0. The molecule has 1 aliphatic rings. The number of nitrogens with zero attached hydrogens (tertiary/aromatic N) is 1. The van der Waals surface area contributed by atoms with Crippen LogP contribution in [-0.4, -0.2) is 17.5 Å². The third-order valence-electron chi connectivity index (χ3n) is 3.44. The summed E-state index contributed by atoms with van der Waals surface area (Å²) in [4.78, 5) is 2.30. The molecule has 1 aromatic carbocycles. The van der Waals surface area contributed by atoms with E-state index in [2.05, 4.69) is 27.8 Å². The second kappa shape index (κ2) is 5.21. The standard InChI is InChI=1S/C13H15BrF3N/c1-9-3-2-6-18(9)8-10-4-5-11(7-12(10)14)13(15,16)17/h4-5,7,9H,2-3,6,8H2,1H3. The highest BCUT2D eigenvalue weighted by molar-refractivity contribution is 9.10. The minimum Gasteiger partial charge on any atom is -0.296 e. The van der Waals surface area contributed by atoms with Crippen molar-refractivity contribution in [1.82, 2.24) is 4.90 Å². The molecule has 1 atom stereocenters. The van der Waals surface area contributed by atoms with Crippen molar-refractivity contribution in [2.75, 3.05) is 6.54 Å². The minimum atomic E-state index is -4.28. The fraction of sp³-hybridized carbons (Fsp3) is 0.538. The normalized spacial score (nSPS) is 21.5. The molecule has 1 fully saturated rings. The van der Waals surface area contributed by atoms with Crippen LogP contribution in [0.15, 0.2) is 22.7 Å². The monoisotopic (exact) mass is 321 g/mol. The molecule has 1 nitrogen and oxygen atoms in total. The molecule has 0 radical (unpaired) electrons. The molecule has 0 aromatic heterocycles. The Labute approximate surface area is 113 Å². The number of likely N-dealkylation sites (tertiary alicyclic amines) is 1. The van der Waals surface area contributed by atoms with Gasteiger partial charge in [-0.3, -0.25) is 4.90 Å². The van der Waals surface area contributed by atoms with Crippen LogP contribution in [0.4, 0.5) is 13.2 Å². The van der Waals surface area contributed by atoms with Gasteiger partial charge >= 0.3 is 6.18 Å². The number of hydrogen-bond donors (Lipinski definition) is 0. The first kappa shape index (κ1) is 13.9. The predicted molar refractivity (Wildman–Crippen MR) is 68.3 cm³/mol. The van der Waals surface area contributed by atoms with Gasteiger partial charge in [-0.05, 0) is 44.0 Å². The summed E-state index contributed by atoms with van der Waals surface area (Å²) in [7, 11) is 0. The molecule has 0 amide bonds. The topological polar surface area (TPSA) is 3.24 Å². The van der Waals surface area contributed by atoms with Gasteiger partial charge in [0.15, 0.2) is 0 Å². The van der Waals surface area contributed by atoms with Crippen LogP contribution in [0, 0.1) is 0 Å². The average Bonchev–Trinajstić information content (AvgIpc) is 2.66. The van der Waals surface area contributed by atoms with Gasteiger partial charge in [-0.25, -0.2) is 0 Å². The van der Waals surface area contributed by atoms with Crippen LogP contribution >= 0.6 is 15.9 Å². The highest BCUT2D eigenvalue weighted by atomic mass is 79.9. The second-order valence-corrected chi connectivity index (χ2v) is 5.62. The Balaban J connectivity index is 2.15. The van der Waals surface area contributed by atoms with E-state index in [1.54, 1.807) is 6.07 Å². The third kappa shape index (κ3) is 3.06. The van der Waals surface area contributed by atoms with Crippen molar-refractivity contribution in [2.45, 2.75) is 38.5 Å². The Morgan fingerprint density at radius 1 is 1.39 bits per heavy atom. The molecule has 1 unspecified atom stereocenters.